The van der Waals surface area contributed by atoms with Crippen molar-refractivity contribution in [1.29, 1.82) is 0 Å². The van der Waals surface area contributed by atoms with Gasteiger partial charge in [0, 0.05) is 44.6 Å². The highest BCUT2D eigenvalue weighted by atomic mass is 32.1. The van der Waals surface area contributed by atoms with E-state index in [4.69, 9.17) is 0 Å². The molecule has 2 fully saturated rings. The number of aromatic nitrogens is 1. The van der Waals surface area contributed by atoms with Gasteiger partial charge >= 0.3 is 6.18 Å². The molecule has 2 amide bonds. The molecule has 2 aliphatic rings. The molecule has 0 radical (unpaired) electrons. The third kappa shape index (κ3) is 4.79. The monoisotopic (exact) mass is 483 g/mol. The average molecular weight is 484 g/mol. The van der Waals surface area contributed by atoms with E-state index in [9.17, 15) is 22.8 Å². The van der Waals surface area contributed by atoms with Gasteiger partial charge in [-0.05, 0) is 38.2 Å². The Labute approximate surface area is 194 Å². The van der Waals surface area contributed by atoms with Gasteiger partial charge in [0.1, 0.15) is 5.82 Å². The molecule has 180 valence electrons. The molecule has 0 aromatic carbocycles. The lowest BCUT2D eigenvalue weighted by atomic mass is 9.72. The zero-order valence-corrected chi connectivity index (χ0v) is 19.7. The number of pyridine rings is 1. The highest BCUT2D eigenvalue weighted by Crippen LogP contribution is 2.43. The van der Waals surface area contributed by atoms with Crippen LogP contribution in [0.4, 0.5) is 19.0 Å². The first kappa shape index (κ1) is 23.7. The first-order valence-electron chi connectivity index (χ1n) is 11.0. The Hall–Kier alpha value is -2.40. The summed E-state index contributed by atoms with van der Waals surface area (Å²) in [6.45, 7) is 7.03. The number of hydrogen-bond donors (Lipinski definition) is 2. The average Bonchev–Trinajstić information content (AvgIpc) is 3.14. The first-order chi connectivity index (χ1) is 15.5. The Morgan fingerprint density at radius 1 is 1.24 bits per heavy atom. The Bertz CT molecular complexity index is 1050. The van der Waals surface area contributed by atoms with Crippen molar-refractivity contribution in [2.45, 2.75) is 38.9 Å². The number of alkyl halides is 3. The summed E-state index contributed by atoms with van der Waals surface area (Å²) in [5.41, 5.74) is -0.404. The van der Waals surface area contributed by atoms with Crippen molar-refractivity contribution in [1.82, 2.24) is 20.5 Å². The Balaban J connectivity index is 1.48. The fourth-order valence-corrected chi connectivity index (χ4v) is 5.80. The molecule has 4 rings (SSSR count). The molecule has 11 heteroatoms. The molecule has 33 heavy (non-hydrogen) atoms. The van der Waals surface area contributed by atoms with Crippen LogP contribution in [0.1, 0.15) is 42.6 Å². The van der Waals surface area contributed by atoms with Crippen LogP contribution < -0.4 is 15.5 Å². The van der Waals surface area contributed by atoms with Gasteiger partial charge in [-0.2, -0.15) is 13.2 Å². The molecule has 0 bridgehead atoms. The largest absolute Gasteiger partial charge is 0.417 e. The maximum absolute atomic E-state index is 13.8. The summed E-state index contributed by atoms with van der Waals surface area (Å²) in [6.07, 6.45) is -2.90. The Kier molecular flexibility index (Phi) is 6.30. The lowest BCUT2D eigenvalue weighted by Crippen LogP contribution is -2.62. The van der Waals surface area contributed by atoms with Crippen molar-refractivity contribution in [3.05, 3.63) is 22.6 Å². The van der Waals surface area contributed by atoms with Crippen LogP contribution >= 0.6 is 11.3 Å². The van der Waals surface area contributed by atoms with Crippen molar-refractivity contribution in [2.75, 3.05) is 44.7 Å². The van der Waals surface area contributed by atoms with E-state index in [2.05, 4.69) is 20.5 Å². The molecule has 4 heterocycles. The summed E-state index contributed by atoms with van der Waals surface area (Å²) in [5, 5.41) is 6.79. The lowest BCUT2D eigenvalue weighted by molar-refractivity contribution is -0.136. The van der Waals surface area contributed by atoms with Crippen LogP contribution in [0.25, 0.3) is 10.2 Å². The third-order valence-electron chi connectivity index (χ3n) is 6.37. The van der Waals surface area contributed by atoms with Crippen molar-refractivity contribution >= 4 is 39.2 Å². The summed E-state index contributed by atoms with van der Waals surface area (Å²) < 4.78 is 41.4. The fourth-order valence-electron chi connectivity index (χ4n) is 4.77. The van der Waals surface area contributed by atoms with Crippen LogP contribution in [0.15, 0.2) is 11.4 Å². The van der Waals surface area contributed by atoms with Crippen LogP contribution in [0.3, 0.4) is 0 Å². The van der Waals surface area contributed by atoms with Crippen LogP contribution in [0.2, 0.25) is 0 Å². The van der Waals surface area contributed by atoms with Gasteiger partial charge in [-0.1, -0.05) is 0 Å². The van der Waals surface area contributed by atoms with Crippen molar-refractivity contribution in [3.8, 4) is 0 Å². The van der Waals surface area contributed by atoms with Gasteiger partial charge in [0.25, 0.3) is 5.91 Å². The number of carbonyl (C=O) groups is 2. The Morgan fingerprint density at radius 2 is 1.91 bits per heavy atom. The summed E-state index contributed by atoms with van der Waals surface area (Å²) in [6, 6.07) is 1.21. The van der Waals surface area contributed by atoms with Crippen LogP contribution in [0.5, 0.6) is 0 Å². The summed E-state index contributed by atoms with van der Waals surface area (Å²) in [5.74, 6) is -0.189. The van der Waals surface area contributed by atoms with Gasteiger partial charge in [0.05, 0.1) is 27.9 Å². The smallest absolute Gasteiger partial charge is 0.357 e. The molecule has 0 atom stereocenters. The summed E-state index contributed by atoms with van der Waals surface area (Å²) >= 11 is 0.887. The molecule has 2 aliphatic heterocycles. The number of fused-ring (bicyclic) bond motifs is 1. The molecule has 2 aromatic rings. The minimum Gasteiger partial charge on any atom is -0.357 e. The maximum atomic E-state index is 13.8. The van der Waals surface area contributed by atoms with Crippen LogP contribution in [-0.4, -0.2) is 67.5 Å². The van der Waals surface area contributed by atoms with Gasteiger partial charge < -0.3 is 15.5 Å². The highest BCUT2D eigenvalue weighted by Gasteiger charge is 2.45. The SMILES string of the molecule is CNC(=O)c1csc2c(C(F)(F)F)cc(N3CCC4(CC3)CN(CC(=O)NC(C)C)C4)nc12. The van der Waals surface area contributed by atoms with E-state index in [1.165, 1.54) is 12.4 Å². The van der Waals surface area contributed by atoms with E-state index < -0.39 is 17.6 Å². The van der Waals surface area contributed by atoms with E-state index in [-0.39, 0.29) is 39.0 Å². The second kappa shape index (κ2) is 8.75. The fraction of sp³-hybridized carbons (Fsp3) is 0.591. The molecule has 2 N–H and O–H groups in total. The number of hydrogen-bond acceptors (Lipinski definition) is 6. The number of amides is 2. The molecule has 0 saturated carbocycles. The highest BCUT2D eigenvalue weighted by molar-refractivity contribution is 7.17. The van der Waals surface area contributed by atoms with E-state index in [1.54, 1.807) is 0 Å². The normalized spacial score (nSPS) is 18.6. The molecule has 2 saturated heterocycles. The van der Waals surface area contributed by atoms with Crippen LogP contribution in [0, 0.1) is 5.41 Å². The minimum atomic E-state index is -4.54. The number of nitrogens with zero attached hydrogens (tertiary/aromatic N) is 3. The second-order valence-electron chi connectivity index (χ2n) is 9.29. The predicted octanol–water partition coefficient (Wildman–Crippen LogP) is 3.10. The third-order valence-corrected chi connectivity index (χ3v) is 7.37. The molecule has 0 unspecified atom stereocenters. The number of rotatable bonds is 5. The van der Waals surface area contributed by atoms with E-state index >= 15 is 0 Å². The minimum absolute atomic E-state index is 0.0113. The lowest BCUT2D eigenvalue weighted by Gasteiger charge is -2.54. The molecule has 2 aromatic heterocycles. The van der Waals surface area contributed by atoms with Gasteiger partial charge in [-0.25, -0.2) is 4.98 Å². The Morgan fingerprint density at radius 3 is 2.48 bits per heavy atom. The number of nitrogens with one attached hydrogen (secondary N) is 2. The molecule has 0 aliphatic carbocycles. The first-order valence-corrected chi connectivity index (χ1v) is 11.9. The number of thiophene rings is 1. The molecule has 7 nitrogen and oxygen atoms in total. The van der Waals surface area contributed by atoms with E-state index in [0.29, 0.717) is 19.6 Å². The summed E-state index contributed by atoms with van der Waals surface area (Å²) in [7, 11) is 1.44. The second-order valence-corrected chi connectivity index (χ2v) is 10.2. The topological polar surface area (TPSA) is 77.6 Å². The molecular weight excluding hydrogens is 455 g/mol. The quantitative estimate of drug-likeness (QED) is 0.684. The predicted molar refractivity (Wildman–Crippen MR) is 122 cm³/mol. The number of carbonyl (C=O) groups excluding carboxylic acids is 2. The van der Waals surface area contributed by atoms with Crippen molar-refractivity contribution < 1.29 is 22.8 Å². The van der Waals surface area contributed by atoms with Gasteiger partial charge in [0.15, 0.2) is 0 Å². The number of likely N-dealkylation sites (tertiary alicyclic amines) is 1. The summed E-state index contributed by atoms with van der Waals surface area (Å²) in [4.78, 5) is 32.6. The van der Waals surface area contributed by atoms with Gasteiger partial charge in [-0.3, -0.25) is 14.5 Å². The van der Waals surface area contributed by atoms with Gasteiger partial charge in [0.2, 0.25) is 5.91 Å². The zero-order chi connectivity index (χ0) is 24.0. The van der Waals surface area contributed by atoms with Gasteiger partial charge in [-0.15, -0.1) is 11.3 Å². The zero-order valence-electron chi connectivity index (χ0n) is 18.9. The number of halogens is 3. The molecule has 1 spiro atoms. The standard InChI is InChI=1S/C22H28F3N5O2S/c1-13(2)27-17(31)9-29-11-21(12-29)4-6-30(7-5-21)16-8-15(22(23,24)25)19-18(28-16)14(10-33-19)20(32)26-3/h8,10,13H,4-7,9,11-12H2,1-3H3,(H,26,32)(H,27,31). The van der Waals surface area contributed by atoms with E-state index in [0.717, 1.165) is 43.3 Å². The van der Waals surface area contributed by atoms with E-state index in [1.807, 2.05) is 18.7 Å². The maximum Gasteiger partial charge on any atom is 0.417 e. The van der Waals surface area contributed by atoms with Crippen molar-refractivity contribution in [3.63, 3.8) is 0 Å². The van der Waals surface area contributed by atoms with Crippen LogP contribution in [-0.2, 0) is 11.0 Å². The number of piperidine rings is 1. The molecular formula is C22H28F3N5O2S. The van der Waals surface area contributed by atoms with Crippen molar-refractivity contribution in [2.24, 2.45) is 5.41 Å². The number of anilines is 1.